The number of carbonyl (C=O) groups is 2. The van der Waals surface area contributed by atoms with Gasteiger partial charge in [-0.15, -0.1) is 0 Å². The van der Waals surface area contributed by atoms with Crippen molar-refractivity contribution in [2.75, 3.05) is 13.1 Å². The van der Waals surface area contributed by atoms with Crippen molar-refractivity contribution in [1.82, 2.24) is 14.7 Å². The van der Waals surface area contributed by atoms with Crippen molar-refractivity contribution in [3.8, 4) is 0 Å². The molecule has 27 heavy (non-hydrogen) atoms. The first-order valence-electron chi connectivity index (χ1n) is 8.97. The Bertz CT molecular complexity index is 892. The van der Waals surface area contributed by atoms with Gasteiger partial charge in [0, 0.05) is 18.5 Å². The maximum Gasteiger partial charge on any atom is 0.410 e. The predicted octanol–water partition coefficient (Wildman–Crippen LogP) is 3.64. The molecule has 1 saturated heterocycles. The number of rotatable bonds is 2. The van der Waals surface area contributed by atoms with Crippen molar-refractivity contribution in [3.05, 3.63) is 28.4 Å². The molecule has 0 unspecified atom stereocenters. The normalized spacial score (nSPS) is 17.1. The van der Waals surface area contributed by atoms with Crippen molar-refractivity contribution in [3.63, 3.8) is 0 Å². The van der Waals surface area contributed by atoms with Gasteiger partial charge in [-0.1, -0.05) is 6.07 Å². The standard InChI is InChI=1S/C19H25BrN4O3/c1-18(2,3)27-17(26)23-10-8-19(4,9-11-23)24-15(20)12-6-5-7-13(16(21)25)14(12)22-24/h5-7H,8-11H2,1-4H3,(H2,21,25). The van der Waals surface area contributed by atoms with E-state index in [1.54, 1.807) is 17.0 Å². The van der Waals surface area contributed by atoms with Crippen LogP contribution in [0.5, 0.6) is 0 Å². The third-order valence-electron chi connectivity index (χ3n) is 4.91. The highest BCUT2D eigenvalue weighted by Crippen LogP contribution is 2.36. The molecule has 1 fully saturated rings. The summed E-state index contributed by atoms with van der Waals surface area (Å²) in [5, 5.41) is 5.54. The van der Waals surface area contributed by atoms with Gasteiger partial charge in [-0.2, -0.15) is 5.10 Å². The summed E-state index contributed by atoms with van der Waals surface area (Å²) >= 11 is 3.63. The molecular formula is C19H25BrN4O3. The number of benzene rings is 1. The Morgan fingerprint density at radius 1 is 1.26 bits per heavy atom. The van der Waals surface area contributed by atoms with E-state index in [9.17, 15) is 9.59 Å². The summed E-state index contributed by atoms with van der Waals surface area (Å²) in [4.78, 5) is 25.8. The van der Waals surface area contributed by atoms with Crippen LogP contribution in [0, 0.1) is 0 Å². The molecule has 1 aromatic heterocycles. The average molecular weight is 437 g/mol. The minimum Gasteiger partial charge on any atom is -0.444 e. The smallest absolute Gasteiger partial charge is 0.410 e. The second kappa shape index (κ2) is 6.82. The fourth-order valence-electron chi connectivity index (χ4n) is 3.34. The Hall–Kier alpha value is -2.09. The highest BCUT2D eigenvalue weighted by atomic mass is 79.9. The van der Waals surface area contributed by atoms with Crippen LogP contribution >= 0.6 is 15.9 Å². The molecule has 0 radical (unpaired) electrons. The summed E-state index contributed by atoms with van der Waals surface area (Å²) in [6.45, 7) is 8.86. The monoisotopic (exact) mass is 436 g/mol. The Kier molecular flexibility index (Phi) is 4.96. The van der Waals surface area contributed by atoms with Crippen LogP contribution in [-0.2, 0) is 10.3 Å². The fraction of sp³-hybridized carbons (Fsp3) is 0.526. The molecule has 7 nitrogen and oxygen atoms in total. The second-order valence-electron chi connectivity index (χ2n) is 8.23. The van der Waals surface area contributed by atoms with E-state index < -0.39 is 11.5 Å². The van der Waals surface area contributed by atoms with Gasteiger partial charge in [0.1, 0.15) is 15.7 Å². The molecule has 0 atom stereocenters. The van der Waals surface area contributed by atoms with Crippen molar-refractivity contribution >= 4 is 38.8 Å². The zero-order valence-corrected chi connectivity index (χ0v) is 17.7. The van der Waals surface area contributed by atoms with E-state index in [2.05, 4.69) is 22.9 Å². The van der Waals surface area contributed by atoms with Crippen LogP contribution in [0.3, 0.4) is 0 Å². The lowest BCUT2D eigenvalue weighted by Gasteiger charge is -2.40. The summed E-state index contributed by atoms with van der Waals surface area (Å²) in [5.41, 5.74) is 5.69. The van der Waals surface area contributed by atoms with Crippen LogP contribution in [0.1, 0.15) is 50.9 Å². The van der Waals surface area contributed by atoms with Gasteiger partial charge in [0.15, 0.2) is 0 Å². The molecule has 3 rings (SSSR count). The molecule has 0 spiro atoms. The maximum atomic E-state index is 12.3. The van der Waals surface area contributed by atoms with Gasteiger partial charge < -0.3 is 15.4 Å². The van der Waals surface area contributed by atoms with E-state index in [0.29, 0.717) is 24.2 Å². The lowest BCUT2D eigenvalue weighted by molar-refractivity contribution is 0.0118. The van der Waals surface area contributed by atoms with Crippen LogP contribution in [0.2, 0.25) is 0 Å². The van der Waals surface area contributed by atoms with E-state index in [0.717, 1.165) is 22.8 Å². The van der Waals surface area contributed by atoms with E-state index in [-0.39, 0.29) is 11.6 Å². The van der Waals surface area contributed by atoms with Crippen molar-refractivity contribution in [2.45, 2.75) is 51.7 Å². The average Bonchev–Trinajstić information content (AvgIpc) is 2.91. The van der Waals surface area contributed by atoms with Gasteiger partial charge in [0.25, 0.3) is 5.91 Å². The number of amides is 2. The number of halogens is 1. The number of piperidine rings is 1. The van der Waals surface area contributed by atoms with E-state index >= 15 is 0 Å². The Balaban J connectivity index is 1.86. The lowest BCUT2D eigenvalue weighted by Crippen LogP contribution is -2.48. The third kappa shape index (κ3) is 3.81. The number of carbonyl (C=O) groups excluding carboxylic acids is 2. The maximum absolute atomic E-state index is 12.3. The highest BCUT2D eigenvalue weighted by molar-refractivity contribution is 9.10. The minimum atomic E-state index is -0.508. The number of likely N-dealkylation sites (tertiary alicyclic amines) is 1. The van der Waals surface area contributed by atoms with Crippen LogP contribution in [-0.4, -0.2) is 45.4 Å². The number of fused-ring (bicyclic) bond motifs is 1. The number of hydrogen-bond acceptors (Lipinski definition) is 4. The van der Waals surface area contributed by atoms with E-state index in [1.165, 1.54) is 0 Å². The summed E-state index contributed by atoms with van der Waals surface area (Å²) in [5.74, 6) is -0.498. The molecule has 0 aliphatic carbocycles. The van der Waals surface area contributed by atoms with Gasteiger partial charge in [0.05, 0.1) is 11.1 Å². The number of primary amides is 1. The predicted molar refractivity (Wildman–Crippen MR) is 107 cm³/mol. The molecule has 1 aromatic carbocycles. The van der Waals surface area contributed by atoms with Crippen molar-refractivity contribution < 1.29 is 14.3 Å². The molecule has 1 aliphatic heterocycles. The van der Waals surface area contributed by atoms with Gasteiger partial charge in [-0.25, -0.2) is 4.79 Å². The molecule has 2 amide bonds. The first kappa shape index (κ1) is 19.7. The van der Waals surface area contributed by atoms with Gasteiger partial charge in [-0.3, -0.25) is 9.48 Å². The lowest BCUT2D eigenvalue weighted by atomic mass is 9.90. The first-order valence-corrected chi connectivity index (χ1v) is 9.77. The SMILES string of the molecule is CC(C)(C)OC(=O)N1CCC(C)(n2nc3c(C(N)=O)cccc3c2Br)CC1. The number of nitrogens with two attached hydrogens (primary N) is 1. The Morgan fingerprint density at radius 3 is 2.44 bits per heavy atom. The van der Waals surface area contributed by atoms with Crippen LogP contribution in [0.25, 0.3) is 10.9 Å². The second-order valence-corrected chi connectivity index (χ2v) is 8.98. The topological polar surface area (TPSA) is 90.4 Å². The number of ether oxygens (including phenoxy) is 1. The number of aromatic nitrogens is 2. The molecular weight excluding hydrogens is 412 g/mol. The first-order chi connectivity index (χ1) is 12.5. The highest BCUT2D eigenvalue weighted by Gasteiger charge is 2.37. The van der Waals surface area contributed by atoms with Gasteiger partial charge in [0.2, 0.25) is 0 Å². The van der Waals surface area contributed by atoms with E-state index in [1.807, 2.05) is 31.5 Å². The van der Waals surface area contributed by atoms with Crippen molar-refractivity contribution in [2.24, 2.45) is 5.73 Å². The number of hydrogen-bond donors (Lipinski definition) is 1. The Labute approximate surface area is 166 Å². The zero-order valence-electron chi connectivity index (χ0n) is 16.1. The molecule has 2 heterocycles. The fourth-order valence-corrected chi connectivity index (χ4v) is 4.17. The van der Waals surface area contributed by atoms with Crippen LogP contribution in [0.15, 0.2) is 22.8 Å². The number of nitrogens with zero attached hydrogens (tertiary/aromatic N) is 3. The molecule has 2 N–H and O–H groups in total. The largest absolute Gasteiger partial charge is 0.444 e. The Morgan fingerprint density at radius 2 is 1.89 bits per heavy atom. The molecule has 0 saturated carbocycles. The zero-order chi connectivity index (χ0) is 20.0. The van der Waals surface area contributed by atoms with Gasteiger partial charge >= 0.3 is 6.09 Å². The molecule has 0 bridgehead atoms. The van der Waals surface area contributed by atoms with Gasteiger partial charge in [-0.05, 0) is 68.6 Å². The minimum absolute atomic E-state index is 0.286. The molecule has 1 aliphatic rings. The third-order valence-corrected chi connectivity index (χ3v) is 5.68. The quantitative estimate of drug-likeness (QED) is 0.777. The van der Waals surface area contributed by atoms with E-state index in [4.69, 9.17) is 15.6 Å². The van der Waals surface area contributed by atoms with Crippen LogP contribution in [0.4, 0.5) is 4.79 Å². The summed E-state index contributed by atoms with van der Waals surface area (Å²) in [7, 11) is 0. The van der Waals surface area contributed by atoms with Crippen LogP contribution < -0.4 is 5.73 Å². The molecule has 146 valence electrons. The summed E-state index contributed by atoms with van der Waals surface area (Å²) in [6, 6.07) is 5.39. The molecule has 8 heteroatoms. The molecule has 2 aromatic rings. The van der Waals surface area contributed by atoms with Crippen molar-refractivity contribution in [1.29, 1.82) is 0 Å². The summed E-state index contributed by atoms with van der Waals surface area (Å²) in [6.07, 6.45) is 1.17. The summed E-state index contributed by atoms with van der Waals surface area (Å²) < 4.78 is 8.20.